The standard InChI is InChI=1S/C13H20ClNO2.ClH/c1-13(2,3)17-7-6-16-12-8-11(14)5-4-10(12)9-15;/h4-5,8H,6-7,9,15H2,1-3H3;1H. The van der Waals surface area contributed by atoms with E-state index in [0.717, 1.165) is 11.3 Å². The number of hydrogen-bond acceptors (Lipinski definition) is 3. The third-order valence-corrected chi connectivity index (χ3v) is 2.36. The van der Waals surface area contributed by atoms with Crippen molar-refractivity contribution in [1.29, 1.82) is 0 Å². The minimum absolute atomic E-state index is 0. The third kappa shape index (κ3) is 6.45. The first-order valence-corrected chi connectivity index (χ1v) is 6.05. The average molecular weight is 294 g/mol. The van der Waals surface area contributed by atoms with Gasteiger partial charge in [-0.3, -0.25) is 0 Å². The number of hydrogen-bond donors (Lipinski definition) is 1. The maximum absolute atomic E-state index is 5.91. The lowest BCUT2D eigenvalue weighted by molar-refractivity contribution is -0.0163. The Morgan fingerprint density at radius 1 is 1.22 bits per heavy atom. The number of benzene rings is 1. The van der Waals surface area contributed by atoms with Crippen molar-refractivity contribution in [2.24, 2.45) is 5.73 Å². The smallest absolute Gasteiger partial charge is 0.125 e. The Balaban J connectivity index is 0.00000289. The van der Waals surface area contributed by atoms with Crippen molar-refractivity contribution < 1.29 is 9.47 Å². The molecule has 0 aromatic heterocycles. The summed E-state index contributed by atoms with van der Waals surface area (Å²) in [5.74, 6) is 0.734. The fourth-order valence-electron chi connectivity index (χ4n) is 1.33. The highest BCUT2D eigenvalue weighted by molar-refractivity contribution is 6.30. The minimum Gasteiger partial charge on any atom is -0.491 e. The van der Waals surface area contributed by atoms with E-state index in [9.17, 15) is 0 Å². The van der Waals surface area contributed by atoms with Gasteiger partial charge in [-0.25, -0.2) is 0 Å². The summed E-state index contributed by atoms with van der Waals surface area (Å²) in [6.45, 7) is 7.50. The molecule has 0 fully saturated rings. The molecule has 3 nitrogen and oxygen atoms in total. The molecule has 0 aliphatic carbocycles. The quantitative estimate of drug-likeness (QED) is 0.846. The van der Waals surface area contributed by atoms with Crippen LogP contribution < -0.4 is 10.5 Å². The normalized spacial score (nSPS) is 10.9. The molecule has 0 heterocycles. The zero-order chi connectivity index (χ0) is 12.9. The minimum atomic E-state index is -0.144. The van der Waals surface area contributed by atoms with Gasteiger partial charge in [-0.2, -0.15) is 0 Å². The van der Waals surface area contributed by atoms with Crippen molar-refractivity contribution in [3.05, 3.63) is 28.8 Å². The van der Waals surface area contributed by atoms with Crippen LogP contribution in [0.2, 0.25) is 5.02 Å². The molecule has 0 radical (unpaired) electrons. The van der Waals surface area contributed by atoms with Crippen molar-refractivity contribution in [2.75, 3.05) is 13.2 Å². The Kier molecular flexibility index (Phi) is 7.64. The van der Waals surface area contributed by atoms with Crippen LogP contribution in [0, 0.1) is 0 Å². The van der Waals surface area contributed by atoms with Crippen LogP contribution in [-0.2, 0) is 11.3 Å². The molecular formula is C13H21Cl2NO2. The molecule has 0 saturated carbocycles. The molecule has 0 atom stereocenters. The van der Waals surface area contributed by atoms with Gasteiger partial charge in [0.25, 0.3) is 0 Å². The predicted molar refractivity (Wildman–Crippen MR) is 77.8 cm³/mol. The summed E-state index contributed by atoms with van der Waals surface area (Å²) in [4.78, 5) is 0. The fourth-order valence-corrected chi connectivity index (χ4v) is 1.49. The molecule has 1 aromatic carbocycles. The molecular weight excluding hydrogens is 273 g/mol. The van der Waals surface area contributed by atoms with Crippen molar-refractivity contribution in [3.8, 4) is 5.75 Å². The van der Waals surface area contributed by atoms with Crippen LogP contribution in [0.3, 0.4) is 0 Å². The zero-order valence-corrected chi connectivity index (χ0v) is 12.6. The SMILES string of the molecule is CC(C)(C)OCCOc1cc(Cl)ccc1CN.Cl. The number of rotatable bonds is 5. The van der Waals surface area contributed by atoms with Gasteiger partial charge in [-0.05, 0) is 32.9 Å². The summed E-state index contributed by atoms with van der Waals surface area (Å²) in [6.07, 6.45) is 0. The van der Waals surface area contributed by atoms with Crippen LogP contribution in [0.15, 0.2) is 18.2 Å². The van der Waals surface area contributed by atoms with Crippen LogP contribution in [0.1, 0.15) is 26.3 Å². The lowest BCUT2D eigenvalue weighted by Crippen LogP contribution is -2.22. The molecule has 0 bridgehead atoms. The monoisotopic (exact) mass is 293 g/mol. The van der Waals surface area contributed by atoms with E-state index in [2.05, 4.69) is 0 Å². The lowest BCUT2D eigenvalue weighted by Gasteiger charge is -2.20. The van der Waals surface area contributed by atoms with Gasteiger partial charge in [-0.15, -0.1) is 12.4 Å². The first kappa shape index (κ1) is 17.5. The van der Waals surface area contributed by atoms with Crippen LogP contribution >= 0.6 is 24.0 Å². The van der Waals surface area contributed by atoms with E-state index in [4.69, 9.17) is 26.8 Å². The van der Waals surface area contributed by atoms with E-state index in [1.54, 1.807) is 6.07 Å². The average Bonchev–Trinajstić information content (AvgIpc) is 2.23. The Labute approximate surface area is 120 Å². The van der Waals surface area contributed by atoms with E-state index in [1.165, 1.54) is 0 Å². The topological polar surface area (TPSA) is 44.5 Å². The summed E-state index contributed by atoms with van der Waals surface area (Å²) in [5.41, 5.74) is 6.42. The summed E-state index contributed by atoms with van der Waals surface area (Å²) >= 11 is 5.91. The second-order valence-electron chi connectivity index (χ2n) is 4.77. The third-order valence-electron chi connectivity index (χ3n) is 2.13. The molecule has 0 saturated heterocycles. The molecule has 2 N–H and O–H groups in total. The first-order chi connectivity index (χ1) is 7.92. The van der Waals surface area contributed by atoms with Crippen molar-refractivity contribution in [1.82, 2.24) is 0 Å². The van der Waals surface area contributed by atoms with Crippen LogP contribution in [0.25, 0.3) is 0 Å². The molecule has 1 aromatic rings. The van der Waals surface area contributed by atoms with Crippen molar-refractivity contribution >= 4 is 24.0 Å². The van der Waals surface area contributed by atoms with Crippen LogP contribution in [0.5, 0.6) is 5.75 Å². The number of halogens is 2. The Bertz CT molecular complexity index is 364. The van der Waals surface area contributed by atoms with E-state index < -0.39 is 0 Å². The van der Waals surface area contributed by atoms with Gasteiger partial charge in [0.2, 0.25) is 0 Å². The molecule has 0 aliphatic rings. The second kappa shape index (κ2) is 7.85. The number of nitrogens with two attached hydrogens (primary N) is 1. The highest BCUT2D eigenvalue weighted by Crippen LogP contribution is 2.23. The summed E-state index contributed by atoms with van der Waals surface area (Å²) < 4.78 is 11.2. The maximum atomic E-state index is 5.91. The van der Waals surface area contributed by atoms with Gasteiger partial charge < -0.3 is 15.2 Å². The van der Waals surface area contributed by atoms with Gasteiger partial charge in [0.05, 0.1) is 12.2 Å². The highest BCUT2D eigenvalue weighted by Gasteiger charge is 2.10. The van der Waals surface area contributed by atoms with E-state index in [-0.39, 0.29) is 18.0 Å². The van der Waals surface area contributed by atoms with Crippen LogP contribution in [-0.4, -0.2) is 18.8 Å². The lowest BCUT2D eigenvalue weighted by atomic mass is 10.2. The molecule has 5 heteroatoms. The van der Waals surface area contributed by atoms with Gasteiger partial charge in [-0.1, -0.05) is 17.7 Å². The highest BCUT2D eigenvalue weighted by atomic mass is 35.5. The Hall–Kier alpha value is -0.480. The van der Waals surface area contributed by atoms with Crippen molar-refractivity contribution in [2.45, 2.75) is 32.9 Å². The summed E-state index contributed by atoms with van der Waals surface area (Å²) in [5, 5.41) is 0.647. The van der Waals surface area contributed by atoms with Crippen LogP contribution in [0.4, 0.5) is 0 Å². The molecule has 104 valence electrons. The fraction of sp³-hybridized carbons (Fsp3) is 0.538. The molecule has 0 amide bonds. The van der Waals surface area contributed by atoms with E-state index in [0.29, 0.717) is 24.8 Å². The first-order valence-electron chi connectivity index (χ1n) is 5.67. The Morgan fingerprint density at radius 2 is 1.89 bits per heavy atom. The number of ether oxygens (including phenoxy) is 2. The molecule has 1 rings (SSSR count). The molecule has 0 spiro atoms. The van der Waals surface area contributed by atoms with Gasteiger partial charge in [0.1, 0.15) is 12.4 Å². The largest absolute Gasteiger partial charge is 0.491 e. The maximum Gasteiger partial charge on any atom is 0.125 e. The van der Waals surface area contributed by atoms with Crippen molar-refractivity contribution in [3.63, 3.8) is 0 Å². The van der Waals surface area contributed by atoms with Gasteiger partial charge in [0.15, 0.2) is 0 Å². The van der Waals surface area contributed by atoms with Gasteiger partial charge in [0, 0.05) is 17.1 Å². The predicted octanol–water partition coefficient (Wildman–Crippen LogP) is 3.41. The zero-order valence-electron chi connectivity index (χ0n) is 11.0. The molecule has 18 heavy (non-hydrogen) atoms. The molecule has 0 unspecified atom stereocenters. The summed E-state index contributed by atoms with van der Waals surface area (Å²) in [7, 11) is 0. The van der Waals surface area contributed by atoms with Gasteiger partial charge >= 0.3 is 0 Å². The Morgan fingerprint density at radius 3 is 2.44 bits per heavy atom. The van der Waals surface area contributed by atoms with E-state index in [1.807, 2.05) is 32.9 Å². The van der Waals surface area contributed by atoms with E-state index >= 15 is 0 Å². The second-order valence-corrected chi connectivity index (χ2v) is 5.20. The summed E-state index contributed by atoms with van der Waals surface area (Å²) in [6, 6.07) is 5.46. The molecule has 0 aliphatic heterocycles.